The fraction of sp³-hybridized carbons (Fsp3) is 0.304. The number of fused-ring (bicyclic) bond motifs is 1. The number of phenols is 1. The highest BCUT2D eigenvalue weighted by molar-refractivity contribution is 6.07. The predicted octanol–water partition coefficient (Wildman–Crippen LogP) is 3.45. The third kappa shape index (κ3) is 5.42. The lowest BCUT2D eigenvalue weighted by Gasteiger charge is -2.28. The van der Waals surface area contributed by atoms with E-state index >= 15 is 0 Å². The summed E-state index contributed by atoms with van der Waals surface area (Å²) >= 11 is 0. The molecule has 1 unspecified atom stereocenters. The molecule has 32 heavy (non-hydrogen) atoms. The molecule has 0 radical (unpaired) electrons. The zero-order valence-corrected chi connectivity index (χ0v) is 18.5. The first-order valence-electron chi connectivity index (χ1n) is 10.1. The number of primary amides is 1. The Morgan fingerprint density at radius 2 is 1.88 bits per heavy atom. The van der Waals surface area contributed by atoms with Gasteiger partial charge in [-0.2, -0.15) is 0 Å². The van der Waals surface area contributed by atoms with Crippen molar-refractivity contribution in [2.24, 2.45) is 5.73 Å². The first-order chi connectivity index (χ1) is 15.0. The summed E-state index contributed by atoms with van der Waals surface area (Å²) in [5.74, 6) is -0.453. The Morgan fingerprint density at radius 1 is 1.19 bits per heavy atom. The molecule has 0 fully saturated rings. The summed E-state index contributed by atoms with van der Waals surface area (Å²) < 4.78 is 5.46. The van der Waals surface area contributed by atoms with Gasteiger partial charge in [0.25, 0.3) is 5.91 Å². The lowest BCUT2D eigenvalue weighted by Crippen LogP contribution is -2.38. The second kappa shape index (κ2) is 9.09. The van der Waals surface area contributed by atoms with Crippen LogP contribution in [-0.2, 0) is 4.74 Å². The molecule has 168 valence electrons. The van der Waals surface area contributed by atoms with Crippen molar-refractivity contribution in [3.63, 3.8) is 0 Å². The van der Waals surface area contributed by atoms with E-state index in [1.54, 1.807) is 7.05 Å². The zero-order valence-electron chi connectivity index (χ0n) is 18.5. The molecule has 1 heterocycles. The fourth-order valence-corrected chi connectivity index (χ4v) is 3.23. The van der Waals surface area contributed by atoms with Gasteiger partial charge in [-0.3, -0.25) is 4.79 Å². The third-order valence-electron chi connectivity index (χ3n) is 4.66. The van der Waals surface area contributed by atoms with E-state index in [1.165, 1.54) is 23.4 Å². The molecule has 3 aromatic rings. The Morgan fingerprint density at radius 3 is 2.50 bits per heavy atom. The lowest BCUT2D eigenvalue weighted by atomic mass is 10.1. The van der Waals surface area contributed by atoms with Gasteiger partial charge >= 0.3 is 6.09 Å². The van der Waals surface area contributed by atoms with Crippen molar-refractivity contribution in [3.05, 3.63) is 59.9 Å². The van der Waals surface area contributed by atoms with Gasteiger partial charge in [-0.05, 0) is 38.5 Å². The molecule has 0 saturated heterocycles. The van der Waals surface area contributed by atoms with Crippen molar-refractivity contribution in [3.8, 4) is 5.75 Å². The van der Waals surface area contributed by atoms with Crippen molar-refractivity contribution < 1.29 is 19.4 Å². The van der Waals surface area contributed by atoms with Gasteiger partial charge in [0.05, 0.1) is 17.1 Å². The molecule has 2 aromatic carbocycles. The molecular formula is C23H27N5O4. The summed E-state index contributed by atoms with van der Waals surface area (Å²) in [5.41, 5.74) is 6.15. The van der Waals surface area contributed by atoms with Crippen LogP contribution in [0, 0.1) is 0 Å². The van der Waals surface area contributed by atoms with Crippen LogP contribution in [0.3, 0.4) is 0 Å². The summed E-state index contributed by atoms with van der Waals surface area (Å²) in [6.07, 6.45) is 0.856. The van der Waals surface area contributed by atoms with Crippen LogP contribution in [0.2, 0.25) is 0 Å². The van der Waals surface area contributed by atoms with Crippen molar-refractivity contribution in [1.82, 2.24) is 14.9 Å². The zero-order chi connectivity index (χ0) is 23.5. The Balaban J connectivity index is 1.98. The summed E-state index contributed by atoms with van der Waals surface area (Å²) in [5, 5.41) is 13.9. The number of phenolic OH excluding ortho intramolecular Hbond substituents is 1. The minimum Gasteiger partial charge on any atom is -0.508 e. The van der Waals surface area contributed by atoms with Crippen LogP contribution in [0.1, 0.15) is 42.7 Å². The Bertz CT molecular complexity index is 1130. The molecule has 4 N–H and O–H groups in total. The van der Waals surface area contributed by atoms with Crippen LogP contribution in [0.25, 0.3) is 10.9 Å². The SMILES string of the molecule is CN(CC(Nc1ncnc2c(C(N)=O)cc(O)cc12)c1ccccc1)C(=O)OC(C)(C)C. The van der Waals surface area contributed by atoms with Gasteiger partial charge in [-0.1, -0.05) is 30.3 Å². The number of hydrogen-bond donors (Lipinski definition) is 3. The van der Waals surface area contributed by atoms with E-state index in [4.69, 9.17) is 10.5 Å². The third-order valence-corrected chi connectivity index (χ3v) is 4.66. The smallest absolute Gasteiger partial charge is 0.410 e. The Hall–Kier alpha value is -3.88. The van der Waals surface area contributed by atoms with E-state index in [0.717, 1.165) is 5.56 Å². The lowest BCUT2D eigenvalue weighted by molar-refractivity contribution is 0.0292. The van der Waals surface area contributed by atoms with Crippen molar-refractivity contribution in [1.29, 1.82) is 0 Å². The van der Waals surface area contributed by atoms with Crippen LogP contribution in [0.15, 0.2) is 48.8 Å². The van der Waals surface area contributed by atoms with Gasteiger partial charge in [-0.15, -0.1) is 0 Å². The van der Waals surface area contributed by atoms with Crippen molar-refractivity contribution in [2.45, 2.75) is 32.4 Å². The molecule has 9 heteroatoms. The van der Waals surface area contributed by atoms with E-state index in [1.807, 2.05) is 51.1 Å². The number of amides is 2. The van der Waals surface area contributed by atoms with E-state index in [-0.39, 0.29) is 23.9 Å². The maximum Gasteiger partial charge on any atom is 0.410 e. The number of carbonyl (C=O) groups excluding carboxylic acids is 2. The van der Waals surface area contributed by atoms with E-state index in [0.29, 0.717) is 16.7 Å². The van der Waals surface area contributed by atoms with Crippen LogP contribution in [0.4, 0.5) is 10.6 Å². The quantitative estimate of drug-likeness (QED) is 0.538. The number of anilines is 1. The van der Waals surface area contributed by atoms with Crippen LogP contribution >= 0.6 is 0 Å². The van der Waals surface area contributed by atoms with E-state index in [9.17, 15) is 14.7 Å². The molecule has 2 amide bonds. The fourth-order valence-electron chi connectivity index (χ4n) is 3.23. The Labute approximate surface area is 186 Å². The Kier molecular flexibility index (Phi) is 6.47. The van der Waals surface area contributed by atoms with Gasteiger partial charge in [-0.25, -0.2) is 14.8 Å². The van der Waals surface area contributed by atoms with E-state index in [2.05, 4.69) is 15.3 Å². The standard InChI is InChI=1S/C23H27N5O4/c1-23(2,3)32-22(31)28(4)12-18(14-8-6-5-7-9-14)27-21-17-11-15(29)10-16(20(24)30)19(17)25-13-26-21/h5-11,13,18,29H,12H2,1-4H3,(H2,24,30)(H,25,26,27). The average Bonchev–Trinajstić information content (AvgIpc) is 2.72. The number of aromatic nitrogens is 2. The number of nitrogens with two attached hydrogens (primary N) is 1. The summed E-state index contributed by atoms with van der Waals surface area (Å²) in [7, 11) is 1.65. The van der Waals surface area contributed by atoms with Crippen molar-refractivity contribution >= 4 is 28.7 Å². The molecule has 0 saturated carbocycles. The maximum atomic E-state index is 12.5. The number of hydrogen-bond acceptors (Lipinski definition) is 7. The van der Waals surface area contributed by atoms with Gasteiger partial charge in [0.1, 0.15) is 23.5 Å². The van der Waals surface area contributed by atoms with Crippen molar-refractivity contribution in [2.75, 3.05) is 18.9 Å². The van der Waals surface area contributed by atoms with Gasteiger partial charge in [0.2, 0.25) is 0 Å². The minimum absolute atomic E-state index is 0.0904. The number of benzene rings is 2. The number of ether oxygens (including phenoxy) is 1. The number of nitrogens with zero attached hydrogens (tertiary/aromatic N) is 3. The molecule has 0 aliphatic carbocycles. The number of likely N-dealkylation sites (N-methyl/N-ethyl adjacent to an activating group) is 1. The highest BCUT2D eigenvalue weighted by Gasteiger charge is 2.24. The number of rotatable bonds is 6. The van der Waals surface area contributed by atoms with Crippen LogP contribution in [0.5, 0.6) is 5.75 Å². The molecule has 1 atom stereocenters. The first kappa shape index (κ1) is 22.8. The molecule has 0 spiro atoms. The van der Waals surface area contributed by atoms with Crippen LogP contribution in [-0.4, -0.2) is 51.2 Å². The number of carbonyl (C=O) groups is 2. The maximum absolute atomic E-state index is 12.5. The monoisotopic (exact) mass is 437 g/mol. The van der Waals surface area contributed by atoms with Gasteiger partial charge in [0, 0.05) is 19.0 Å². The first-order valence-corrected chi connectivity index (χ1v) is 10.1. The van der Waals surface area contributed by atoms with Gasteiger partial charge in [0.15, 0.2) is 0 Å². The molecule has 0 bridgehead atoms. The summed E-state index contributed by atoms with van der Waals surface area (Å²) in [4.78, 5) is 34.3. The number of nitrogens with one attached hydrogen (secondary N) is 1. The largest absolute Gasteiger partial charge is 0.508 e. The van der Waals surface area contributed by atoms with Crippen LogP contribution < -0.4 is 11.1 Å². The molecule has 0 aliphatic heterocycles. The number of aromatic hydroxyl groups is 1. The molecule has 0 aliphatic rings. The van der Waals surface area contributed by atoms with E-state index < -0.39 is 17.6 Å². The molecular weight excluding hydrogens is 410 g/mol. The summed E-state index contributed by atoms with van der Waals surface area (Å²) in [6.45, 7) is 5.69. The molecule has 3 rings (SSSR count). The topological polar surface area (TPSA) is 131 Å². The average molecular weight is 438 g/mol. The minimum atomic E-state index is -0.709. The summed E-state index contributed by atoms with van der Waals surface area (Å²) in [6, 6.07) is 11.9. The second-order valence-electron chi connectivity index (χ2n) is 8.44. The molecule has 1 aromatic heterocycles. The molecule has 9 nitrogen and oxygen atoms in total. The predicted molar refractivity (Wildman–Crippen MR) is 121 cm³/mol. The second-order valence-corrected chi connectivity index (χ2v) is 8.44. The normalized spacial score (nSPS) is 12.2. The highest BCUT2D eigenvalue weighted by atomic mass is 16.6. The highest BCUT2D eigenvalue weighted by Crippen LogP contribution is 2.30. The van der Waals surface area contributed by atoms with Gasteiger partial charge < -0.3 is 25.8 Å².